The molecule has 27 heavy (non-hydrogen) atoms. The molecule has 0 saturated carbocycles. The van der Waals surface area contributed by atoms with Gasteiger partial charge >= 0.3 is 5.97 Å². The molecular weight excluding hydrogens is 370 g/mol. The van der Waals surface area contributed by atoms with E-state index >= 15 is 0 Å². The Morgan fingerprint density at radius 2 is 1.93 bits per heavy atom. The zero-order valence-electron chi connectivity index (χ0n) is 15.1. The Labute approximate surface area is 162 Å². The number of nitrogens with zero attached hydrogens (tertiary/aromatic N) is 1. The van der Waals surface area contributed by atoms with Crippen molar-refractivity contribution in [2.45, 2.75) is 26.4 Å². The monoisotopic (exact) mass is 389 g/mol. The fourth-order valence-corrected chi connectivity index (χ4v) is 2.98. The third kappa shape index (κ3) is 4.52. The normalized spacial score (nSPS) is 12.1. The van der Waals surface area contributed by atoms with Crippen molar-refractivity contribution in [3.8, 4) is 11.5 Å². The second-order valence-corrected chi connectivity index (χ2v) is 6.78. The van der Waals surface area contributed by atoms with E-state index in [1.807, 2.05) is 44.2 Å². The molecule has 1 amide bonds. The quantitative estimate of drug-likeness (QED) is 0.705. The van der Waals surface area contributed by atoms with Crippen molar-refractivity contribution in [2.75, 3.05) is 13.4 Å². The van der Waals surface area contributed by atoms with Gasteiger partial charge in [0.25, 0.3) is 5.91 Å². The number of carbonyl (C=O) groups is 2. The van der Waals surface area contributed by atoms with Crippen molar-refractivity contribution in [2.24, 2.45) is 0 Å². The summed E-state index contributed by atoms with van der Waals surface area (Å²) in [5.41, 5.74) is 1.21. The Morgan fingerprint density at radius 3 is 2.63 bits per heavy atom. The molecule has 2 aromatic carbocycles. The number of halogens is 1. The van der Waals surface area contributed by atoms with Crippen LogP contribution in [0.5, 0.6) is 11.5 Å². The summed E-state index contributed by atoms with van der Waals surface area (Å²) in [6, 6.07) is 12.5. The highest BCUT2D eigenvalue weighted by Gasteiger charge is 2.23. The van der Waals surface area contributed by atoms with Crippen LogP contribution < -0.4 is 9.47 Å². The molecule has 1 aliphatic heterocycles. The highest BCUT2D eigenvalue weighted by Crippen LogP contribution is 2.39. The van der Waals surface area contributed by atoms with Crippen molar-refractivity contribution >= 4 is 23.5 Å². The second kappa shape index (κ2) is 8.31. The van der Waals surface area contributed by atoms with Crippen LogP contribution in [0.15, 0.2) is 42.5 Å². The molecule has 7 heteroatoms. The molecule has 0 bridgehead atoms. The highest BCUT2D eigenvalue weighted by molar-refractivity contribution is 6.32. The van der Waals surface area contributed by atoms with Gasteiger partial charge in [-0.2, -0.15) is 0 Å². The molecule has 142 valence electrons. The Kier molecular flexibility index (Phi) is 5.86. The number of ether oxygens (including phenoxy) is 3. The van der Waals surface area contributed by atoms with Gasteiger partial charge in [-0.25, -0.2) is 4.79 Å². The molecule has 0 N–H and O–H groups in total. The Balaban J connectivity index is 1.63. The number of hydrogen-bond donors (Lipinski definition) is 0. The van der Waals surface area contributed by atoms with Crippen LogP contribution in [0.1, 0.15) is 29.8 Å². The molecule has 1 heterocycles. The summed E-state index contributed by atoms with van der Waals surface area (Å²) in [5, 5.41) is 0.260. The van der Waals surface area contributed by atoms with Gasteiger partial charge in [0.15, 0.2) is 18.1 Å². The average Bonchev–Trinajstić information content (AvgIpc) is 3.13. The van der Waals surface area contributed by atoms with E-state index in [1.165, 1.54) is 12.1 Å². The first kappa shape index (κ1) is 19.0. The minimum absolute atomic E-state index is 0.0311. The van der Waals surface area contributed by atoms with Gasteiger partial charge in [-0.3, -0.25) is 4.79 Å². The molecule has 6 nitrogen and oxygen atoms in total. The lowest BCUT2D eigenvalue weighted by Gasteiger charge is -2.26. The standard InChI is InChI=1S/C20H20ClNO5/c1-13(2)22(10-14-6-4-3-5-7-14)18(23)11-25-20(24)15-8-16(21)19-17(9-15)26-12-27-19/h3-9,13H,10-12H2,1-2H3. The van der Waals surface area contributed by atoms with E-state index in [0.29, 0.717) is 18.0 Å². The molecule has 0 fully saturated rings. The predicted octanol–water partition coefficient (Wildman–Crippen LogP) is 3.66. The molecule has 0 aromatic heterocycles. The molecular formula is C20H20ClNO5. The summed E-state index contributed by atoms with van der Waals surface area (Å²) in [6.45, 7) is 3.98. The summed E-state index contributed by atoms with van der Waals surface area (Å²) in [6.07, 6.45) is 0. The fraction of sp³-hybridized carbons (Fsp3) is 0.300. The van der Waals surface area contributed by atoms with Gasteiger partial charge in [0.05, 0.1) is 10.6 Å². The van der Waals surface area contributed by atoms with Crippen LogP contribution in [0, 0.1) is 0 Å². The molecule has 0 saturated heterocycles. The maximum absolute atomic E-state index is 12.6. The minimum atomic E-state index is -0.646. The molecule has 3 rings (SSSR count). The van der Waals surface area contributed by atoms with Crippen molar-refractivity contribution in [1.82, 2.24) is 4.90 Å². The van der Waals surface area contributed by atoms with E-state index in [0.717, 1.165) is 5.56 Å². The van der Waals surface area contributed by atoms with Gasteiger partial charge < -0.3 is 19.1 Å². The molecule has 2 aromatic rings. The number of fused-ring (bicyclic) bond motifs is 1. The van der Waals surface area contributed by atoms with Gasteiger partial charge in [0.2, 0.25) is 6.79 Å². The maximum atomic E-state index is 12.6. The largest absolute Gasteiger partial charge is 0.454 e. The van der Waals surface area contributed by atoms with Crippen LogP contribution in [-0.2, 0) is 16.1 Å². The summed E-state index contributed by atoms with van der Waals surface area (Å²) in [7, 11) is 0. The van der Waals surface area contributed by atoms with E-state index in [4.69, 9.17) is 25.8 Å². The van der Waals surface area contributed by atoms with E-state index in [9.17, 15) is 9.59 Å². The zero-order valence-corrected chi connectivity index (χ0v) is 15.9. The van der Waals surface area contributed by atoms with Crippen molar-refractivity contribution in [1.29, 1.82) is 0 Å². The molecule has 0 aliphatic carbocycles. The number of carbonyl (C=O) groups excluding carboxylic acids is 2. The van der Waals surface area contributed by atoms with Gasteiger partial charge in [-0.1, -0.05) is 41.9 Å². The van der Waals surface area contributed by atoms with Gasteiger partial charge in [-0.15, -0.1) is 0 Å². The highest BCUT2D eigenvalue weighted by atomic mass is 35.5. The molecule has 1 aliphatic rings. The topological polar surface area (TPSA) is 65.1 Å². The summed E-state index contributed by atoms with van der Waals surface area (Å²) < 4.78 is 15.6. The van der Waals surface area contributed by atoms with E-state index < -0.39 is 5.97 Å². The number of esters is 1. The third-order valence-electron chi connectivity index (χ3n) is 4.13. The lowest BCUT2D eigenvalue weighted by Crippen LogP contribution is -2.39. The fourth-order valence-electron chi connectivity index (χ4n) is 2.72. The van der Waals surface area contributed by atoms with Gasteiger partial charge in [0, 0.05) is 12.6 Å². The first-order chi connectivity index (χ1) is 13.0. The first-order valence-corrected chi connectivity index (χ1v) is 8.93. The van der Waals surface area contributed by atoms with Gasteiger partial charge in [-0.05, 0) is 31.5 Å². The average molecular weight is 390 g/mol. The molecule has 0 spiro atoms. The van der Waals surface area contributed by atoms with Crippen molar-refractivity contribution < 1.29 is 23.8 Å². The van der Waals surface area contributed by atoms with E-state index in [2.05, 4.69) is 0 Å². The second-order valence-electron chi connectivity index (χ2n) is 6.37. The molecule has 0 radical (unpaired) electrons. The Morgan fingerprint density at radius 1 is 1.19 bits per heavy atom. The van der Waals surface area contributed by atoms with E-state index in [1.54, 1.807) is 4.90 Å². The van der Waals surface area contributed by atoms with Gasteiger partial charge in [0.1, 0.15) is 0 Å². The number of amides is 1. The number of hydrogen-bond acceptors (Lipinski definition) is 5. The maximum Gasteiger partial charge on any atom is 0.338 e. The SMILES string of the molecule is CC(C)N(Cc1ccccc1)C(=O)COC(=O)c1cc(Cl)c2c(c1)OCO2. The van der Waals surface area contributed by atoms with Crippen molar-refractivity contribution in [3.05, 3.63) is 58.6 Å². The lowest BCUT2D eigenvalue weighted by atomic mass is 10.2. The van der Waals surface area contributed by atoms with Crippen molar-refractivity contribution in [3.63, 3.8) is 0 Å². The summed E-state index contributed by atoms with van der Waals surface area (Å²) in [4.78, 5) is 26.5. The Hall–Kier alpha value is -2.73. The lowest BCUT2D eigenvalue weighted by molar-refractivity contribution is -0.136. The molecule has 0 atom stereocenters. The summed E-state index contributed by atoms with van der Waals surface area (Å²) in [5.74, 6) is -0.132. The van der Waals surface area contributed by atoms with Crippen LogP contribution >= 0.6 is 11.6 Å². The number of benzene rings is 2. The zero-order chi connectivity index (χ0) is 19.4. The molecule has 0 unspecified atom stereocenters. The van der Waals surface area contributed by atoms with E-state index in [-0.39, 0.29) is 35.9 Å². The van der Waals surface area contributed by atoms with Crippen LogP contribution in [0.3, 0.4) is 0 Å². The van der Waals surface area contributed by atoms with Crippen LogP contribution in [0.25, 0.3) is 0 Å². The summed E-state index contributed by atoms with van der Waals surface area (Å²) >= 11 is 6.08. The predicted molar refractivity (Wildman–Crippen MR) is 100.0 cm³/mol. The van der Waals surface area contributed by atoms with Crippen LogP contribution in [0.4, 0.5) is 0 Å². The number of rotatable bonds is 6. The smallest absolute Gasteiger partial charge is 0.338 e. The third-order valence-corrected chi connectivity index (χ3v) is 4.41. The minimum Gasteiger partial charge on any atom is -0.454 e. The van der Waals surface area contributed by atoms with Crippen LogP contribution in [0.2, 0.25) is 5.02 Å². The first-order valence-electron chi connectivity index (χ1n) is 8.55. The van der Waals surface area contributed by atoms with Crippen LogP contribution in [-0.4, -0.2) is 36.2 Å². The Bertz CT molecular complexity index is 838.